The van der Waals surface area contributed by atoms with E-state index >= 15 is 0 Å². The van der Waals surface area contributed by atoms with Crippen LogP contribution in [0.25, 0.3) is 0 Å². The van der Waals surface area contributed by atoms with Crippen LogP contribution >= 0.6 is 11.8 Å². The Morgan fingerprint density at radius 1 is 1.14 bits per heavy atom. The molecular formula is C17H19NO3S. The monoisotopic (exact) mass is 317 g/mol. The molecule has 22 heavy (non-hydrogen) atoms. The number of amides is 2. The number of hydrogen-bond acceptors (Lipinski definition) is 4. The summed E-state index contributed by atoms with van der Waals surface area (Å²) in [6.45, 7) is 2.01. The molecule has 4 atom stereocenters. The molecule has 0 bridgehead atoms. The third-order valence-corrected chi connectivity index (χ3v) is 5.88. The average molecular weight is 317 g/mol. The van der Waals surface area contributed by atoms with Crippen molar-refractivity contribution in [2.24, 2.45) is 11.8 Å². The molecule has 0 unspecified atom stereocenters. The number of rotatable bonds is 3. The molecular weight excluding hydrogens is 298 g/mol. The van der Waals surface area contributed by atoms with Crippen LogP contribution in [0.1, 0.15) is 6.92 Å². The van der Waals surface area contributed by atoms with Crippen molar-refractivity contribution in [1.82, 2.24) is 4.90 Å². The highest BCUT2D eigenvalue weighted by Gasteiger charge is 2.53. The molecule has 0 aromatic heterocycles. The number of nitrogens with zero attached hydrogens (tertiary/aromatic N) is 1. The van der Waals surface area contributed by atoms with Crippen molar-refractivity contribution in [3.63, 3.8) is 0 Å². The summed E-state index contributed by atoms with van der Waals surface area (Å²) in [6.07, 6.45) is 1.66. The fourth-order valence-electron chi connectivity index (χ4n) is 3.28. The molecule has 0 spiro atoms. The molecule has 1 aliphatic heterocycles. The van der Waals surface area contributed by atoms with Crippen molar-refractivity contribution in [2.45, 2.75) is 23.2 Å². The molecule has 2 amide bonds. The maximum atomic E-state index is 12.4. The number of fused-ring (bicyclic) bond motifs is 1. The first-order valence-corrected chi connectivity index (χ1v) is 8.16. The molecule has 116 valence electrons. The van der Waals surface area contributed by atoms with E-state index in [0.29, 0.717) is 0 Å². The van der Waals surface area contributed by atoms with Crippen molar-refractivity contribution in [2.75, 3.05) is 14.2 Å². The molecule has 1 aromatic rings. The minimum absolute atomic E-state index is 0.0388. The fourth-order valence-corrected chi connectivity index (χ4v) is 4.57. The summed E-state index contributed by atoms with van der Waals surface area (Å²) in [4.78, 5) is 27.0. The molecule has 0 saturated carbocycles. The average Bonchev–Trinajstić information content (AvgIpc) is 2.74. The summed E-state index contributed by atoms with van der Waals surface area (Å²) in [5.41, 5.74) is 1.10. The third-order valence-electron chi connectivity index (χ3n) is 4.44. The molecule has 1 heterocycles. The predicted octanol–water partition coefficient (Wildman–Crippen LogP) is 2.35. The Hall–Kier alpha value is -1.59. The van der Waals surface area contributed by atoms with E-state index in [1.54, 1.807) is 25.9 Å². The first-order chi connectivity index (χ1) is 10.5. The van der Waals surface area contributed by atoms with E-state index in [2.05, 4.69) is 0 Å². The molecule has 4 nitrogen and oxygen atoms in total. The van der Waals surface area contributed by atoms with Gasteiger partial charge >= 0.3 is 0 Å². The quantitative estimate of drug-likeness (QED) is 0.634. The molecule has 0 N–H and O–H groups in total. The second-order valence-corrected chi connectivity index (χ2v) is 6.96. The molecule has 3 rings (SSSR count). The van der Waals surface area contributed by atoms with E-state index in [1.165, 1.54) is 4.90 Å². The first kappa shape index (κ1) is 15.3. The standard InChI is InChI=1S/C17H19NO3S/c1-10-9-12-13(17(20)18(2)16(12)19)14(21-3)15(10)22-11-7-5-4-6-8-11/h4-9,12-15H,1-3H3/t12-,13-,14-,15+/m0/s1. The Balaban J connectivity index is 1.95. The Morgan fingerprint density at radius 3 is 2.45 bits per heavy atom. The van der Waals surface area contributed by atoms with Gasteiger partial charge in [0.1, 0.15) is 0 Å². The molecule has 1 aromatic carbocycles. The van der Waals surface area contributed by atoms with Gasteiger partial charge in [0.15, 0.2) is 0 Å². The van der Waals surface area contributed by atoms with Gasteiger partial charge in [0, 0.05) is 19.1 Å². The second-order valence-electron chi connectivity index (χ2n) is 5.75. The molecule has 1 fully saturated rings. The number of thioether (sulfide) groups is 1. The summed E-state index contributed by atoms with van der Waals surface area (Å²) in [5, 5.41) is 0.0388. The SMILES string of the molecule is CO[C@H]1[C@H]2C(=O)N(C)C(=O)[C@H]2C=C(C)[C@H]1Sc1ccccc1. The highest BCUT2D eigenvalue weighted by Crippen LogP contribution is 2.44. The van der Waals surface area contributed by atoms with Crippen LogP contribution in [0.3, 0.4) is 0 Å². The Bertz CT molecular complexity index is 628. The van der Waals surface area contributed by atoms with Gasteiger partial charge in [-0.05, 0) is 19.1 Å². The van der Waals surface area contributed by atoms with Gasteiger partial charge in [-0.2, -0.15) is 0 Å². The summed E-state index contributed by atoms with van der Waals surface area (Å²) < 4.78 is 5.67. The zero-order chi connectivity index (χ0) is 15.9. The van der Waals surface area contributed by atoms with Crippen LogP contribution in [0.4, 0.5) is 0 Å². The number of imide groups is 1. The lowest BCUT2D eigenvalue weighted by atomic mass is 9.80. The zero-order valence-electron chi connectivity index (χ0n) is 12.9. The lowest BCUT2D eigenvalue weighted by Gasteiger charge is -2.35. The topological polar surface area (TPSA) is 46.6 Å². The van der Waals surface area contributed by atoms with Crippen LogP contribution in [0.2, 0.25) is 0 Å². The lowest BCUT2D eigenvalue weighted by molar-refractivity contribution is -0.139. The van der Waals surface area contributed by atoms with Crippen LogP contribution in [0.5, 0.6) is 0 Å². The van der Waals surface area contributed by atoms with Crippen molar-refractivity contribution in [1.29, 1.82) is 0 Å². The Morgan fingerprint density at radius 2 is 1.82 bits per heavy atom. The van der Waals surface area contributed by atoms with Gasteiger partial charge in [-0.3, -0.25) is 14.5 Å². The molecule has 0 radical (unpaired) electrons. The van der Waals surface area contributed by atoms with Gasteiger partial charge < -0.3 is 4.74 Å². The maximum absolute atomic E-state index is 12.4. The van der Waals surface area contributed by atoms with Crippen molar-refractivity contribution < 1.29 is 14.3 Å². The van der Waals surface area contributed by atoms with Gasteiger partial charge in [0.25, 0.3) is 0 Å². The normalized spacial score (nSPS) is 31.2. The summed E-state index contributed by atoms with van der Waals surface area (Å²) in [5.74, 6) is -1.05. The summed E-state index contributed by atoms with van der Waals surface area (Å²) >= 11 is 1.68. The first-order valence-electron chi connectivity index (χ1n) is 7.29. The van der Waals surface area contributed by atoms with Crippen molar-refractivity contribution in [3.05, 3.63) is 42.0 Å². The molecule has 1 saturated heterocycles. The Kier molecular flexibility index (Phi) is 4.10. The maximum Gasteiger partial charge on any atom is 0.236 e. The zero-order valence-corrected chi connectivity index (χ0v) is 13.7. The summed E-state index contributed by atoms with van der Waals surface area (Å²) in [6, 6.07) is 10.1. The number of carbonyl (C=O) groups is 2. The van der Waals surface area contributed by atoms with Gasteiger partial charge in [0.2, 0.25) is 11.8 Å². The second kappa shape index (κ2) is 5.89. The predicted molar refractivity (Wildman–Crippen MR) is 85.4 cm³/mol. The number of ether oxygens (including phenoxy) is 1. The smallest absolute Gasteiger partial charge is 0.236 e. The van der Waals surface area contributed by atoms with E-state index in [9.17, 15) is 9.59 Å². The molecule has 2 aliphatic rings. The van der Waals surface area contributed by atoms with Crippen LogP contribution < -0.4 is 0 Å². The van der Waals surface area contributed by atoms with Gasteiger partial charge in [-0.25, -0.2) is 0 Å². The van der Waals surface area contributed by atoms with Crippen molar-refractivity contribution in [3.8, 4) is 0 Å². The minimum Gasteiger partial charge on any atom is -0.379 e. The van der Waals surface area contributed by atoms with Crippen LogP contribution in [0, 0.1) is 11.8 Å². The fraction of sp³-hybridized carbons (Fsp3) is 0.412. The number of carbonyl (C=O) groups excluding carboxylic acids is 2. The number of benzene rings is 1. The number of likely N-dealkylation sites (tertiary alicyclic amines) is 1. The van der Waals surface area contributed by atoms with E-state index in [-0.39, 0.29) is 29.1 Å². The van der Waals surface area contributed by atoms with E-state index < -0.39 is 5.92 Å². The van der Waals surface area contributed by atoms with E-state index in [4.69, 9.17) is 4.74 Å². The van der Waals surface area contributed by atoms with E-state index in [0.717, 1.165) is 10.5 Å². The van der Waals surface area contributed by atoms with Crippen LogP contribution in [-0.4, -0.2) is 42.2 Å². The van der Waals surface area contributed by atoms with Crippen LogP contribution in [-0.2, 0) is 14.3 Å². The lowest BCUT2D eigenvalue weighted by Crippen LogP contribution is -2.43. The third kappa shape index (κ3) is 2.38. The number of methoxy groups -OCH3 is 1. The summed E-state index contributed by atoms with van der Waals surface area (Å²) in [7, 11) is 3.17. The largest absolute Gasteiger partial charge is 0.379 e. The number of hydrogen-bond donors (Lipinski definition) is 0. The van der Waals surface area contributed by atoms with E-state index in [1.807, 2.05) is 43.3 Å². The minimum atomic E-state index is -0.410. The van der Waals surface area contributed by atoms with Gasteiger partial charge in [-0.15, -0.1) is 11.8 Å². The van der Waals surface area contributed by atoms with Gasteiger partial charge in [-0.1, -0.05) is 29.8 Å². The van der Waals surface area contributed by atoms with Gasteiger partial charge in [0.05, 0.1) is 23.2 Å². The van der Waals surface area contributed by atoms with Crippen LogP contribution in [0.15, 0.2) is 46.9 Å². The Labute approximate surface area is 134 Å². The highest BCUT2D eigenvalue weighted by atomic mass is 32.2. The molecule has 1 aliphatic carbocycles. The van der Waals surface area contributed by atoms with Crippen molar-refractivity contribution >= 4 is 23.6 Å². The molecule has 5 heteroatoms. The highest BCUT2D eigenvalue weighted by molar-refractivity contribution is 8.00.